The Kier molecular flexibility index (Phi) is 5.70. The number of phenolic OH excluding ortho intramolecular Hbond substituents is 1. The van der Waals surface area contributed by atoms with Crippen molar-refractivity contribution in [2.45, 2.75) is 20.8 Å². The molecule has 3 aromatic carbocycles. The zero-order valence-electron chi connectivity index (χ0n) is 18.2. The highest BCUT2D eigenvalue weighted by Crippen LogP contribution is 2.36. The molecule has 9 nitrogen and oxygen atoms in total. The van der Waals surface area contributed by atoms with E-state index in [4.69, 9.17) is 9.15 Å². The van der Waals surface area contributed by atoms with Gasteiger partial charge in [-0.15, -0.1) is 0 Å². The third-order valence-electron chi connectivity index (χ3n) is 5.24. The topological polar surface area (TPSA) is 128 Å². The van der Waals surface area contributed by atoms with Crippen LogP contribution in [0.5, 0.6) is 11.5 Å². The van der Waals surface area contributed by atoms with Crippen molar-refractivity contribution in [1.29, 1.82) is 0 Å². The fraction of sp³-hybridized carbons (Fsp3) is 0.167. The van der Waals surface area contributed by atoms with E-state index in [1.54, 1.807) is 19.1 Å². The SMILES string of the molecule is Cc1cc2nc(-c3cc(NC(=O)COc4ccc([N+](=O)[O-])cc4)cc(C)c3O)oc2cc1C. The number of aryl methyl sites for hydroxylation is 3. The number of aromatic nitrogens is 1. The number of phenols is 1. The lowest BCUT2D eigenvalue weighted by Crippen LogP contribution is -2.20. The first-order valence-electron chi connectivity index (χ1n) is 10.1. The number of nitro benzene ring substituents is 1. The molecule has 1 heterocycles. The van der Waals surface area contributed by atoms with Gasteiger partial charge >= 0.3 is 0 Å². The molecular formula is C24H21N3O6. The Labute approximate surface area is 188 Å². The number of hydrogen-bond donors (Lipinski definition) is 2. The third kappa shape index (κ3) is 4.62. The van der Waals surface area contributed by atoms with Crippen LogP contribution in [-0.2, 0) is 4.79 Å². The minimum Gasteiger partial charge on any atom is -0.507 e. The molecule has 2 N–H and O–H groups in total. The molecule has 4 rings (SSSR count). The molecule has 0 aliphatic rings. The summed E-state index contributed by atoms with van der Waals surface area (Å²) in [5.74, 6) is 0.146. The number of carbonyl (C=O) groups excluding carboxylic acids is 1. The molecule has 0 saturated heterocycles. The van der Waals surface area contributed by atoms with Crippen LogP contribution in [0.3, 0.4) is 0 Å². The normalized spacial score (nSPS) is 10.9. The van der Waals surface area contributed by atoms with E-state index >= 15 is 0 Å². The van der Waals surface area contributed by atoms with Crippen molar-refractivity contribution in [3.63, 3.8) is 0 Å². The van der Waals surface area contributed by atoms with Crippen LogP contribution in [0.1, 0.15) is 16.7 Å². The summed E-state index contributed by atoms with van der Waals surface area (Å²) in [7, 11) is 0. The van der Waals surface area contributed by atoms with Gasteiger partial charge in [0.15, 0.2) is 12.2 Å². The van der Waals surface area contributed by atoms with Crippen molar-refractivity contribution in [2.75, 3.05) is 11.9 Å². The van der Waals surface area contributed by atoms with Gasteiger partial charge in [0.1, 0.15) is 17.0 Å². The first kappa shape index (κ1) is 21.8. The molecule has 1 aromatic heterocycles. The Hall–Kier alpha value is -4.40. The number of nitrogens with zero attached hydrogens (tertiary/aromatic N) is 2. The lowest BCUT2D eigenvalue weighted by atomic mass is 10.1. The zero-order valence-corrected chi connectivity index (χ0v) is 18.2. The average Bonchev–Trinajstić information content (AvgIpc) is 3.17. The summed E-state index contributed by atoms with van der Waals surface area (Å²) in [5.41, 5.74) is 4.70. The molecule has 33 heavy (non-hydrogen) atoms. The van der Waals surface area contributed by atoms with Crippen LogP contribution in [-0.4, -0.2) is 27.5 Å². The lowest BCUT2D eigenvalue weighted by molar-refractivity contribution is -0.384. The number of hydrogen-bond acceptors (Lipinski definition) is 7. The van der Waals surface area contributed by atoms with Gasteiger partial charge in [-0.25, -0.2) is 4.98 Å². The summed E-state index contributed by atoms with van der Waals surface area (Å²) in [6.07, 6.45) is 0. The summed E-state index contributed by atoms with van der Waals surface area (Å²) in [6.45, 7) is 5.38. The monoisotopic (exact) mass is 447 g/mol. The van der Waals surface area contributed by atoms with E-state index in [1.165, 1.54) is 24.3 Å². The number of ether oxygens (including phenoxy) is 1. The number of non-ortho nitro benzene ring substituents is 1. The molecule has 0 saturated carbocycles. The largest absolute Gasteiger partial charge is 0.507 e. The van der Waals surface area contributed by atoms with Gasteiger partial charge < -0.3 is 19.6 Å². The Morgan fingerprint density at radius 1 is 1.09 bits per heavy atom. The molecule has 0 aliphatic heterocycles. The second kappa shape index (κ2) is 8.62. The first-order chi connectivity index (χ1) is 15.7. The van der Waals surface area contributed by atoms with Crippen LogP contribution < -0.4 is 10.1 Å². The quantitative estimate of drug-likeness (QED) is 0.240. The van der Waals surface area contributed by atoms with E-state index in [0.29, 0.717) is 33.7 Å². The zero-order chi connectivity index (χ0) is 23.7. The van der Waals surface area contributed by atoms with Gasteiger partial charge in [0.05, 0.1) is 10.5 Å². The molecule has 0 atom stereocenters. The number of benzene rings is 3. The highest BCUT2D eigenvalue weighted by molar-refractivity contribution is 5.93. The van der Waals surface area contributed by atoms with Gasteiger partial charge in [-0.05, 0) is 73.9 Å². The second-order valence-electron chi connectivity index (χ2n) is 7.70. The van der Waals surface area contributed by atoms with Crippen molar-refractivity contribution < 1.29 is 24.0 Å². The minimum absolute atomic E-state index is 0.00938. The van der Waals surface area contributed by atoms with Crippen molar-refractivity contribution in [1.82, 2.24) is 4.98 Å². The van der Waals surface area contributed by atoms with Crippen LogP contribution in [0.2, 0.25) is 0 Å². The first-order valence-corrected chi connectivity index (χ1v) is 10.1. The smallest absolute Gasteiger partial charge is 0.269 e. The molecule has 0 unspecified atom stereocenters. The predicted molar refractivity (Wildman–Crippen MR) is 123 cm³/mol. The maximum absolute atomic E-state index is 12.4. The molecule has 1 amide bonds. The number of rotatable bonds is 6. The summed E-state index contributed by atoms with van der Waals surface area (Å²) in [5, 5.41) is 24.0. The molecule has 0 spiro atoms. The van der Waals surface area contributed by atoms with Crippen LogP contribution in [0, 0.1) is 30.9 Å². The van der Waals surface area contributed by atoms with Gasteiger partial charge in [-0.2, -0.15) is 0 Å². The number of carbonyl (C=O) groups is 1. The Bertz CT molecular complexity index is 1340. The molecular weight excluding hydrogens is 426 g/mol. The number of oxazole rings is 1. The summed E-state index contributed by atoms with van der Waals surface area (Å²) in [6, 6.07) is 12.5. The number of amides is 1. The Morgan fingerprint density at radius 2 is 1.79 bits per heavy atom. The average molecular weight is 447 g/mol. The van der Waals surface area contributed by atoms with Gasteiger partial charge in [-0.3, -0.25) is 14.9 Å². The fourth-order valence-corrected chi connectivity index (χ4v) is 3.32. The molecule has 4 aromatic rings. The molecule has 0 bridgehead atoms. The molecule has 0 radical (unpaired) electrons. The van der Waals surface area contributed by atoms with E-state index in [9.17, 15) is 20.0 Å². The highest BCUT2D eigenvalue weighted by atomic mass is 16.6. The van der Waals surface area contributed by atoms with Crippen LogP contribution in [0.15, 0.2) is 52.9 Å². The Balaban J connectivity index is 1.52. The number of fused-ring (bicyclic) bond motifs is 1. The predicted octanol–water partition coefficient (Wildman–Crippen LogP) is 5.05. The maximum Gasteiger partial charge on any atom is 0.269 e. The molecule has 168 valence electrons. The maximum atomic E-state index is 12.4. The van der Waals surface area contributed by atoms with Crippen molar-refractivity contribution in [2.24, 2.45) is 0 Å². The standard InChI is InChI=1S/C24H21N3O6/c1-13-9-20-21(10-14(13)2)33-24(26-20)19-11-16(8-15(3)23(19)29)25-22(28)12-32-18-6-4-17(5-7-18)27(30)31/h4-11,29H,12H2,1-3H3,(H,25,28). The summed E-state index contributed by atoms with van der Waals surface area (Å²) >= 11 is 0. The van der Waals surface area contributed by atoms with Crippen molar-refractivity contribution >= 4 is 28.4 Å². The van der Waals surface area contributed by atoms with Gasteiger partial charge in [0.25, 0.3) is 11.6 Å². The van der Waals surface area contributed by atoms with E-state index in [-0.39, 0.29) is 23.9 Å². The third-order valence-corrected chi connectivity index (χ3v) is 5.24. The van der Waals surface area contributed by atoms with E-state index in [2.05, 4.69) is 10.3 Å². The summed E-state index contributed by atoms with van der Waals surface area (Å²) < 4.78 is 11.3. The van der Waals surface area contributed by atoms with Gasteiger partial charge in [0.2, 0.25) is 5.89 Å². The van der Waals surface area contributed by atoms with Gasteiger partial charge in [0, 0.05) is 17.8 Å². The Morgan fingerprint density at radius 3 is 2.48 bits per heavy atom. The number of aromatic hydroxyl groups is 1. The highest BCUT2D eigenvalue weighted by Gasteiger charge is 2.17. The lowest BCUT2D eigenvalue weighted by Gasteiger charge is -2.11. The van der Waals surface area contributed by atoms with Crippen LogP contribution in [0.25, 0.3) is 22.6 Å². The molecule has 0 fully saturated rings. The molecule has 0 aliphatic carbocycles. The molecule has 9 heteroatoms. The number of nitro groups is 1. The second-order valence-corrected chi connectivity index (χ2v) is 7.70. The summed E-state index contributed by atoms with van der Waals surface area (Å²) in [4.78, 5) is 27.1. The minimum atomic E-state index is -0.513. The van der Waals surface area contributed by atoms with E-state index in [1.807, 2.05) is 26.0 Å². The number of anilines is 1. The number of nitrogens with one attached hydrogen (secondary N) is 1. The van der Waals surface area contributed by atoms with Crippen LogP contribution in [0.4, 0.5) is 11.4 Å². The van der Waals surface area contributed by atoms with Crippen molar-refractivity contribution in [3.05, 3.63) is 75.3 Å². The van der Waals surface area contributed by atoms with Crippen molar-refractivity contribution in [3.8, 4) is 23.0 Å². The van der Waals surface area contributed by atoms with E-state index in [0.717, 1.165) is 11.1 Å². The van der Waals surface area contributed by atoms with Gasteiger partial charge in [-0.1, -0.05) is 0 Å². The fourth-order valence-electron chi connectivity index (χ4n) is 3.32. The van der Waals surface area contributed by atoms with Crippen LogP contribution >= 0.6 is 0 Å². The van der Waals surface area contributed by atoms with E-state index < -0.39 is 10.8 Å².